The Morgan fingerprint density at radius 1 is 1.32 bits per heavy atom. The molecule has 0 aliphatic rings. The molecule has 19 heavy (non-hydrogen) atoms. The molecule has 0 aliphatic heterocycles. The Morgan fingerprint density at radius 3 is 2.47 bits per heavy atom. The zero-order valence-corrected chi connectivity index (χ0v) is 12.5. The number of ether oxygens (including phenoxy) is 1. The highest BCUT2D eigenvalue weighted by Crippen LogP contribution is 2.26. The van der Waals surface area contributed by atoms with Crippen molar-refractivity contribution in [3.8, 4) is 5.75 Å². The third-order valence-corrected chi connectivity index (χ3v) is 4.20. The number of sulfonamides is 1. The molecule has 0 bridgehead atoms. The minimum absolute atomic E-state index is 0.0143. The summed E-state index contributed by atoms with van der Waals surface area (Å²) in [5.41, 5.74) is 1.55. The van der Waals surface area contributed by atoms with Crippen LogP contribution in [-0.2, 0) is 10.0 Å². The summed E-state index contributed by atoms with van der Waals surface area (Å²) < 4.78 is 32.1. The van der Waals surface area contributed by atoms with E-state index in [1.807, 2.05) is 13.8 Å². The van der Waals surface area contributed by atoms with Gasteiger partial charge in [-0.25, -0.2) is 13.1 Å². The first-order valence-electron chi connectivity index (χ1n) is 6.19. The Labute approximate surface area is 114 Å². The second kappa shape index (κ2) is 6.36. The molecule has 0 saturated carbocycles. The molecular weight excluding hydrogens is 266 g/mol. The van der Waals surface area contributed by atoms with Crippen molar-refractivity contribution in [2.45, 2.75) is 38.7 Å². The largest absolute Gasteiger partial charge is 0.494 e. The van der Waals surface area contributed by atoms with Gasteiger partial charge < -0.3 is 9.84 Å². The zero-order valence-electron chi connectivity index (χ0n) is 11.7. The van der Waals surface area contributed by atoms with Crippen molar-refractivity contribution < 1.29 is 18.3 Å². The molecule has 6 heteroatoms. The summed E-state index contributed by atoms with van der Waals surface area (Å²) in [6.45, 7) is 7.44. The maximum Gasteiger partial charge on any atom is 0.241 e. The van der Waals surface area contributed by atoms with Gasteiger partial charge in [0.2, 0.25) is 10.0 Å². The topological polar surface area (TPSA) is 75.6 Å². The normalized spacial score (nSPS) is 13.3. The third kappa shape index (κ3) is 4.19. The van der Waals surface area contributed by atoms with Crippen LogP contribution in [0.3, 0.4) is 0 Å². The van der Waals surface area contributed by atoms with E-state index in [0.717, 1.165) is 5.56 Å². The van der Waals surface area contributed by atoms with Crippen LogP contribution in [0.2, 0.25) is 0 Å². The number of benzene rings is 1. The zero-order chi connectivity index (χ0) is 14.6. The smallest absolute Gasteiger partial charge is 0.241 e. The van der Waals surface area contributed by atoms with E-state index in [2.05, 4.69) is 4.72 Å². The number of hydrogen-bond donors (Lipinski definition) is 2. The number of aliphatic hydroxyl groups is 1. The molecule has 0 heterocycles. The first kappa shape index (κ1) is 15.9. The molecule has 1 aromatic rings. The summed E-state index contributed by atoms with van der Waals surface area (Å²) >= 11 is 0. The van der Waals surface area contributed by atoms with Gasteiger partial charge in [-0.05, 0) is 38.8 Å². The van der Waals surface area contributed by atoms with E-state index < -0.39 is 16.1 Å². The molecule has 0 fully saturated rings. The highest BCUT2D eigenvalue weighted by atomic mass is 32.2. The van der Waals surface area contributed by atoms with Gasteiger partial charge in [0.15, 0.2) is 0 Å². The van der Waals surface area contributed by atoms with Crippen molar-refractivity contribution in [2.75, 3.05) is 13.2 Å². The van der Waals surface area contributed by atoms with Crippen molar-refractivity contribution >= 4 is 10.0 Å². The van der Waals surface area contributed by atoms with Crippen molar-refractivity contribution in [3.05, 3.63) is 23.3 Å². The van der Waals surface area contributed by atoms with Gasteiger partial charge in [-0.15, -0.1) is 0 Å². The van der Waals surface area contributed by atoms with E-state index in [1.165, 1.54) is 13.0 Å². The van der Waals surface area contributed by atoms with Crippen LogP contribution in [0.4, 0.5) is 0 Å². The summed E-state index contributed by atoms with van der Waals surface area (Å²) in [4.78, 5) is 0.183. The van der Waals surface area contributed by atoms with Gasteiger partial charge in [-0.2, -0.15) is 0 Å². The minimum atomic E-state index is -3.63. The van der Waals surface area contributed by atoms with Gasteiger partial charge in [-0.1, -0.05) is 6.07 Å². The summed E-state index contributed by atoms with van der Waals surface area (Å²) in [6.07, 6.45) is -0.730. The van der Waals surface area contributed by atoms with Crippen molar-refractivity contribution in [3.63, 3.8) is 0 Å². The summed E-state index contributed by atoms with van der Waals surface area (Å²) in [5.74, 6) is 0.561. The fraction of sp³-hybridized carbons (Fsp3) is 0.538. The Kier molecular flexibility index (Phi) is 5.34. The number of aryl methyl sites for hydroxylation is 2. The summed E-state index contributed by atoms with van der Waals surface area (Å²) in [7, 11) is -3.63. The highest BCUT2D eigenvalue weighted by Gasteiger charge is 2.19. The summed E-state index contributed by atoms with van der Waals surface area (Å²) in [5, 5.41) is 9.16. The summed E-state index contributed by atoms with van der Waals surface area (Å²) in [6, 6.07) is 3.31. The van der Waals surface area contributed by atoms with E-state index in [4.69, 9.17) is 9.84 Å². The fourth-order valence-electron chi connectivity index (χ4n) is 1.72. The minimum Gasteiger partial charge on any atom is -0.494 e. The van der Waals surface area contributed by atoms with Crippen LogP contribution in [0.5, 0.6) is 5.75 Å². The monoisotopic (exact) mass is 287 g/mol. The van der Waals surface area contributed by atoms with Crippen molar-refractivity contribution in [1.82, 2.24) is 4.72 Å². The maximum atomic E-state index is 12.1. The van der Waals surface area contributed by atoms with E-state index >= 15 is 0 Å². The van der Waals surface area contributed by atoms with E-state index in [0.29, 0.717) is 17.9 Å². The lowest BCUT2D eigenvalue weighted by Gasteiger charge is -2.14. The lowest BCUT2D eigenvalue weighted by atomic mass is 10.1. The standard InChI is InChI=1S/C13H21NO4S/c1-5-18-12-7-13(10(3)6-9(12)2)19(16,17)14-8-11(4)15/h6-7,11,14-15H,5,8H2,1-4H3/t11-/m0/s1. The van der Waals surface area contributed by atoms with E-state index in [-0.39, 0.29) is 11.4 Å². The van der Waals surface area contributed by atoms with Gasteiger partial charge in [0.1, 0.15) is 5.75 Å². The third-order valence-electron chi connectivity index (χ3n) is 2.63. The second-order valence-corrected chi connectivity index (χ2v) is 6.25. The van der Waals surface area contributed by atoms with Gasteiger partial charge >= 0.3 is 0 Å². The van der Waals surface area contributed by atoms with Crippen LogP contribution in [0, 0.1) is 13.8 Å². The molecule has 0 aliphatic carbocycles. The number of aliphatic hydroxyl groups excluding tert-OH is 1. The van der Waals surface area contributed by atoms with Gasteiger partial charge in [-0.3, -0.25) is 0 Å². The van der Waals surface area contributed by atoms with Crippen LogP contribution in [0.25, 0.3) is 0 Å². The molecule has 1 aromatic carbocycles. The van der Waals surface area contributed by atoms with E-state index in [1.54, 1.807) is 13.0 Å². The van der Waals surface area contributed by atoms with E-state index in [9.17, 15) is 8.42 Å². The molecule has 0 radical (unpaired) electrons. The SMILES string of the molecule is CCOc1cc(S(=O)(=O)NC[C@H](C)O)c(C)cc1C. The predicted molar refractivity (Wildman–Crippen MR) is 74.0 cm³/mol. The Hall–Kier alpha value is -1.11. The van der Waals surface area contributed by atoms with Crippen molar-refractivity contribution in [2.24, 2.45) is 0 Å². The average molecular weight is 287 g/mol. The Bertz CT molecular complexity index is 538. The molecule has 5 nitrogen and oxygen atoms in total. The molecule has 1 atom stereocenters. The number of rotatable bonds is 6. The van der Waals surface area contributed by atoms with Crippen LogP contribution in [0.1, 0.15) is 25.0 Å². The quantitative estimate of drug-likeness (QED) is 0.828. The molecule has 0 aromatic heterocycles. The first-order chi connectivity index (χ1) is 8.77. The molecule has 0 unspecified atom stereocenters. The molecular formula is C13H21NO4S. The first-order valence-corrected chi connectivity index (χ1v) is 7.68. The van der Waals surface area contributed by atoms with Crippen LogP contribution < -0.4 is 9.46 Å². The molecule has 0 amide bonds. The van der Waals surface area contributed by atoms with Crippen LogP contribution in [0.15, 0.2) is 17.0 Å². The fourth-order valence-corrected chi connectivity index (χ4v) is 3.08. The Morgan fingerprint density at radius 2 is 1.95 bits per heavy atom. The average Bonchev–Trinajstić information content (AvgIpc) is 2.30. The Balaban J connectivity index is 3.15. The molecule has 1 rings (SSSR count). The lowest BCUT2D eigenvalue weighted by molar-refractivity contribution is 0.198. The maximum absolute atomic E-state index is 12.1. The number of hydrogen-bond acceptors (Lipinski definition) is 4. The highest BCUT2D eigenvalue weighted by molar-refractivity contribution is 7.89. The number of nitrogens with one attached hydrogen (secondary N) is 1. The van der Waals surface area contributed by atoms with Gasteiger partial charge in [0.05, 0.1) is 17.6 Å². The van der Waals surface area contributed by atoms with Crippen molar-refractivity contribution in [1.29, 1.82) is 0 Å². The molecule has 0 spiro atoms. The lowest BCUT2D eigenvalue weighted by Crippen LogP contribution is -2.31. The molecule has 108 valence electrons. The van der Waals surface area contributed by atoms with Crippen LogP contribution in [-0.4, -0.2) is 32.8 Å². The predicted octanol–water partition coefficient (Wildman–Crippen LogP) is 1.36. The van der Waals surface area contributed by atoms with Gasteiger partial charge in [0.25, 0.3) is 0 Å². The van der Waals surface area contributed by atoms with Crippen LogP contribution >= 0.6 is 0 Å². The second-order valence-electron chi connectivity index (χ2n) is 4.52. The molecule has 0 saturated heterocycles. The van der Waals surface area contributed by atoms with Gasteiger partial charge in [0, 0.05) is 12.6 Å². The molecule has 2 N–H and O–H groups in total.